The highest BCUT2D eigenvalue weighted by molar-refractivity contribution is 7.27. The molecule has 10 aromatic carbocycles. The van der Waals surface area contributed by atoms with E-state index in [2.05, 4.69) is 182 Å². The molecule has 2 heteroatoms. The lowest BCUT2D eigenvalue weighted by molar-refractivity contribution is 1.64. The summed E-state index contributed by atoms with van der Waals surface area (Å²) in [5.41, 5.74) is 7.65. The van der Waals surface area contributed by atoms with E-state index < -0.39 is 0 Å². The van der Waals surface area contributed by atoms with Gasteiger partial charge in [0.05, 0.1) is 0 Å². The van der Waals surface area contributed by atoms with Gasteiger partial charge in [-0.25, -0.2) is 0 Å². The summed E-state index contributed by atoms with van der Waals surface area (Å²) in [5.74, 6) is 0. The molecule has 0 aliphatic carbocycles. The van der Waals surface area contributed by atoms with Gasteiger partial charge < -0.3 is 0 Å². The summed E-state index contributed by atoms with van der Waals surface area (Å²) in [6.45, 7) is 0. The molecule has 0 N–H and O–H groups in total. The van der Waals surface area contributed by atoms with E-state index in [9.17, 15) is 0 Å². The fourth-order valence-corrected chi connectivity index (χ4v) is 11.5. The summed E-state index contributed by atoms with van der Waals surface area (Å²) < 4.78 is 5.38. The molecule has 0 aliphatic heterocycles. The molecule has 2 aromatic heterocycles. The summed E-state index contributed by atoms with van der Waals surface area (Å²) in [6, 6.07) is 67.8. The van der Waals surface area contributed by atoms with Crippen molar-refractivity contribution >= 4 is 106 Å². The van der Waals surface area contributed by atoms with Gasteiger partial charge in [0.25, 0.3) is 0 Å². The zero-order valence-electron chi connectivity index (χ0n) is 29.1. The molecule has 0 nitrogen and oxygen atoms in total. The van der Waals surface area contributed by atoms with Crippen molar-refractivity contribution in [1.29, 1.82) is 0 Å². The first kappa shape index (κ1) is 30.2. The summed E-state index contributed by atoms with van der Waals surface area (Å²) in [6.07, 6.45) is 0. The highest BCUT2D eigenvalue weighted by Gasteiger charge is 2.22. The molecule has 250 valence electrons. The topological polar surface area (TPSA) is 0 Å². The van der Waals surface area contributed by atoms with Crippen molar-refractivity contribution in [3.05, 3.63) is 182 Å². The number of hydrogen-bond acceptors (Lipinski definition) is 2. The summed E-state index contributed by atoms with van der Waals surface area (Å²) in [7, 11) is 0. The van der Waals surface area contributed by atoms with Gasteiger partial charge >= 0.3 is 0 Å². The van der Waals surface area contributed by atoms with Gasteiger partial charge in [-0.1, -0.05) is 152 Å². The van der Waals surface area contributed by atoms with Gasteiger partial charge in [-0.15, -0.1) is 22.7 Å². The molecule has 2 heterocycles. The zero-order valence-corrected chi connectivity index (χ0v) is 30.8. The lowest BCUT2D eigenvalue weighted by Crippen LogP contribution is -1.92. The molecule has 12 rings (SSSR count). The first-order chi connectivity index (χ1) is 26.8. The van der Waals surface area contributed by atoms with Crippen LogP contribution in [0.2, 0.25) is 0 Å². The maximum absolute atomic E-state index is 2.53. The average Bonchev–Trinajstić information content (AvgIpc) is 3.82. The Hall–Kier alpha value is -6.32. The third-order valence-electron chi connectivity index (χ3n) is 11.4. The van der Waals surface area contributed by atoms with Crippen molar-refractivity contribution in [2.75, 3.05) is 0 Å². The molecule has 0 amide bonds. The Bertz CT molecular complexity index is 3430. The Balaban J connectivity index is 1.18. The number of thiophene rings is 2. The molecule has 0 bridgehead atoms. The Labute approximate surface area is 319 Å². The molecule has 54 heavy (non-hydrogen) atoms. The van der Waals surface area contributed by atoms with Crippen LogP contribution in [0.15, 0.2) is 182 Å². The molecule has 0 unspecified atom stereocenters. The van der Waals surface area contributed by atoms with E-state index >= 15 is 0 Å². The molecule has 0 saturated carbocycles. The van der Waals surface area contributed by atoms with Crippen molar-refractivity contribution in [2.45, 2.75) is 0 Å². The first-order valence-electron chi connectivity index (χ1n) is 18.5. The van der Waals surface area contributed by atoms with Gasteiger partial charge in [0.1, 0.15) is 0 Å². The van der Waals surface area contributed by atoms with Crippen LogP contribution in [-0.2, 0) is 0 Å². The van der Waals surface area contributed by atoms with E-state index in [1.165, 1.54) is 117 Å². The highest BCUT2D eigenvalue weighted by atomic mass is 32.1. The number of hydrogen-bond donors (Lipinski definition) is 0. The van der Waals surface area contributed by atoms with E-state index in [0.29, 0.717) is 0 Å². The number of rotatable bonds is 3. The Morgan fingerprint density at radius 2 is 0.796 bits per heavy atom. The minimum absolute atomic E-state index is 1.24. The molecular weight excluding hydrogens is 689 g/mol. The fourth-order valence-electron chi connectivity index (χ4n) is 9.01. The maximum Gasteiger partial charge on any atom is 0.0440 e. The zero-order chi connectivity index (χ0) is 35.3. The Morgan fingerprint density at radius 3 is 1.50 bits per heavy atom. The maximum atomic E-state index is 2.53. The van der Waals surface area contributed by atoms with Gasteiger partial charge in [-0.05, 0) is 95.9 Å². The van der Waals surface area contributed by atoms with Crippen LogP contribution in [0.3, 0.4) is 0 Å². The monoisotopic (exact) mass is 718 g/mol. The molecule has 0 radical (unpaired) electrons. The minimum atomic E-state index is 1.24. The molecular formula is C52H30S2. The quantitative estimate of drug-likeness (QED) is 0.160. The van der Waals surface area contributed by atoms with Crippen LogP contribution in [0.1, 0.15) is 0 Å². The van der Waals surface area contributed by atoms with Crippen LogP contribution >= 0.6 is 22.7 Å². The third kappa shape index (κ3) is 4.36. The van der Waals surface area contributed by atoms with Crippen LogP contribution in [0.4, 0.5) is 0 Å². The molecule has 0 atom stereocenters. The predicted octanol–water partition coefficient (Wildman–Crippen LogP) is 16.0. The Morgan fingerprint density at radius 1 is 0.278 bits per heavy atom. The summed E-state index contributed by atoms with van der Waals surface area (Å²) in [5, 5.41) is 15.7. The van der Waals surface area contributed by atoms with Crippen LogP contribution in [-0.4, -0.2) is 0 Å². The van der Waals surface area contributed by atoms with Crippen molar-refractivity contribution in [1.82, 2.24) is 0 Å². The largest absolute Gasteiger partial charge is 0.135 e. The van der Waals surface area contributed by atoms with Crippen molar-refractivity contribution in [3.8, 4) is 33.4 Å². The molecule has 12 aromatic rings. The second kappa shape index (κ2) is 11.6. The average molecular weight is 719 g/mol. The van der Waals surface area contributed by atoms with Crippen LogP contribution < -0.4 is 0 Å². The lowest BCUT2D eigenvalue weighted by atomic mass is 9.84. The van der Waals surface area contributed by atoms with Crippen LogP contribution in [0, 0.1) is 0 Å². The van der Waals surface area contributed by atoms with Gasteiger partial charge in [-0.2, -0.15) is 0 Å². The van der Waals surface area contributed by atoms with E-state index in [0.717, 1.165) is 0 Å². The van der Waals surface area contributed by atoms with E-state index in [1.807, 2.05) is 22.7 Å². The second-order valence-corrected chi connectivity index (χ2v) is 16.5. The minimum Gasteiger partial charge on any atom is -0.135 e. The normalized spacial score (nSPS) is 12.1. The molecule has 0 saturated heterocycles. The van der Waals surface area contributed by atoms with E-state index in [-0.39, 0.29) is 0 Å². The van der Waals surface area contributed by atoms with Crippen LogP contribution in [0.25, 0.3) is 117 Å². The van der Waals surface area contributed by atoms with Crippen molar-refractivity contribution in [3.63, 3.8) is 0 Å². The standard InChI is InChI=1S/C52H30S2/c1-2-12-31(13-3-1)32-22-23-34-29-35(25-24-33(34)28-32)48-37-15-4-6-17-39(37)49(40-18-7-5-16-38(40)48)45-30-44-41(50-43-19-9-11-21-47(43)54-52(45)50)26-27-42-36-14-8-10-20-46(36)53-51(42)44/h1-30H. The van der Waals surface area contributed by atoms with Crippen molar-refractivity contribution in [2.24, 2.45) is 0 Å². The first-order valence-corrected chi connectivity index (χ1v) is 20.1. The van der Waals surface area contributed by atoms with Gasteiger partial charge in [0.2, 0.25) is 0 Å². The lowest BCUT2D eigenvalue weighted by Gasteiger charge is -2.19. The van der Waals surface area contributed by atoms with Gasteiger partial charge in [-0.3, -0.25) is 0 Å². The van der Waals surface area contributed by atoms with Gasteiger partial charge in [0, 0.05) is 51.3 Å². The summed E-state index contributed by atoms with van der Waals surface area (Å²) >= 11 is 3.85. The third-order valence-corrected chi connectivity index (χ3v) is 13.8. The fraction of sp³-hybridized carbons (Fsp3) is 0. The molecule has 0 aliphatic rings. The van der Waals surface area contributed by atoms with Crippen LogP contribution in [0.5, 0.6) is 0 Å². The predicted molar refractivity (Wildman–Crippen MR) is 239 cm³/mol. The molecule has 0 fully saturated rings. The van der Waals surface area contributed by atoms with Crippen molar-refractivity contribution < 1.29 is 0 Å². The second-order valence-electron chi connectivity index (χ2n) is 14.3. The smallest absolute Gasteiger partial charge is 0.0440 e. The van der Waals surface area contributed by atoms with E-state index in [4.69, 9.17) is 0 Å². The van der Waals surface area contributed by atoms with E-state index in [1.54, 1.807) is 0 Å². The van der Waals surface area contributed by atoms with Gasteiger partial charge in [0.15, 0.2) is 0 Å². The molecule has 0 spiro atoms. The Kier molecular flexibility index (Phi) is 6.48. The SMILES string of the molecule is c1ccc(-c2ccc3cc(-c4c5ccccc5c(-c5cc6c(ccc7c8ccccc8sc76)c6c5sc5ccccc56)c5ccccc45)ccc3c2)cc1. The highest BCUT2D eigenvalue weighted by Crippen LogP contribution is 2.51. The number of benzene rings is 10. The number of fused-ring (bicyclic) bond motifs is 12. The summed E-state index contributed by atoms with van der Waals surface area (Å²) in [4.78, 5) is 0.